The number of hydrogen-bond donors (Lipinski definition) is 1. The summed E-state index contributed by atoms with van der Waals surface area (Å²) in [6, 6.07) is 0. The van der Waals surface area contributed by atoms with Crippen molar-refractivity contribution in [1.29, 1.82) is 0 Å². The van der Waals surface area contributed by atoms with E-state index in [1.54, 1.807) is 7.05 Å². The Balaban J connectivity index is 1.66. The number of likely N-dealkylation sites (N-methyl/N-ethyl adjacent to an activating group) is 1. The van der Waals surface area contributed by atoms with Crippen molar-refractivity contribution < 1.29 is 14.3 Å². The van der Waals surface area contributed by atoms with Crippen LogP contribution in [0.4, 0.5) is 0 Å². The first-order chi connectivity index (χ1) is 7.79. The Morgan fingerprint density at radius 3 is 3.06 bits per heavy atom. The van der Waals surface area contributed by atoms with Crippen LogP contribution in [0.15, 0.2) is 0 Å². The van der Waals surface area contributed by atoms with E-state index < -0.39 is 0 Å². The smallest absolute Gasteiger partial charge is 0.250 e. The molecule has 0 bridgehead atoms. The van der Waals surface area contributed by atoms with Gasteiger partial charge in [0.15, 0.2) is 0 Å². The van der Waals surface area contributed by atoms with E-state index in [1.165, 1.54) is 12.8 Å². The third-order valence-corrected chi connectivity index (χ3v) is 2.97. The van der Waals surface area contributed by atoms with Crippen LogP contribution in [0.2, 0.25) is 0 Å². The fourth-order valence-corrected chi connectivity index (χ4v) is 1.81. The van der Waals surface area contributed by atoms with Crippen LogP contribution in [0.1, 0.15) is 12.8 Å². The number of ether oxygens (including phenoxy) is 2. The van der Waals surface area contributed by atoms with Gasteiger partial charge in [0.05, 0.1) is 19.3 Å². The highest BCUT2D eigenvalue weighted by molar-refractivity contribution is 5.80. The number of hydrogen-bond acceptors (Lipinski definition) is 4. The molecule has 0 radical (unpaired) electrons. The van der Waals surface area contributed by atoms with Crippen LogP contribution in [0.25, 0.3) is 0 Å². The molecule has 1 amide bonds. The molecule has 1 heterocycles. The molecule has 0 spiro atoms. The second kappa shape index (κ2) is 5.61. The van der Waals surface area contributed by atoms with Crippen molar-refractivity contribution in [2.75, 3.05) is 39.9 Å². The van der Waals surface area contributed by atoms with Gasteiger partial charge in [0.1, 0.15) is 6.10 Å². The fraction of sp³-hybridized carbons (Fsp3) is 0.909. The lowest BCUT2D eigenvalue weighted by atomic mass is 10.2. The summed E-state index contributed by atoms with van der Waals surface area (Å²) in [5, 5.41) is 2.62. The van der Waals surface area contributed by atoms with E-state index in [0.29, 0.717) is 19.3 Å². The molecule has 92 valence electrons. The minimum Gasteiger partial charge on any atom is -0.377 e. The SMILES string of the molecule is CNC(=O)C1CN(CCOC2CC2)CCO1. The third-order valence-electron chi connectivity index (χ3n) is 2.97. The van der Waals surface area contributed by atoms with Gasteiger partial charge in [-0.1, -0.05) is 0 Å². The predicted molar refractivity (Wildman–Crippen MR) is 59.2 cm³/mol. The van der Waals surface area contributed by atoms with Crippen LogP contribution < -0.4 is 5.32 Å². The molecule has 1 N–H and O–H groups in total. The minimum absolute atomic E-state index is 0.0344. The molecule has 1 aliphatic carbocycles. The number of nitrogens with zero attached hydrogens (tertiary/aromatic N) is 1. The van der Waals surface area contributed by atoms with Gasteiger partial charge >= 0.3 is 0 Å². The van der Waals surface area contributed by atoms with E-state index >= 15 is 0 Å². The van der Waals surface area contributed by atoms with Gasteiger partial charge in [-0.25, -0.2) is 0 Å². The minimum atomic E-state index is -0.320. The summed E-state index contributed by atoms with van der Waals surface area (Å²) < 4.78 is 11.0. The van der Waals surface area contributed by atoms with Gasteiger partial charge in [-0.15, -0.1) is 0 Å². The van der Waals surface area contributed by atoms with Crippen molar-refractivity contribution in [3.63, 3.8) is 0 Å². The maximum absolute atomic E-state index is 11.4. The summed E-state index contributed by atoms with van der Waals surface area (Å²) in [6.07, 6.45) is 2.61. The average molecular weight is 228 g/mol. The van der Waals surface area contributed by atoms with Crippen LogP contribution >= 0.6 is 0 Å². The third kappa shape index (κ3) is 3.43. The van der Waals surface area contributed by atoms with Crippen molar-refractivity contribution in [1.82, 2.24) is 10.2 Å². The maximum Gasteiger partial charge on any atom is 0.250 e. The molecule has 2 fully saturated rings. The largest absolute Gasteiger partial charge is 0.377 e. The zero-order valence-electron chi connectivity index (χ0n) is 9.78. The van der Waals surface area contributed by atoms with Gasteiger partial charge in [-0.3, -0.25) is 9.69 Å². The molecule has 1 unspecified atom stereocenters. The molecule has 1 aliphatic heterocycles. The molecule has 0 aromatic heterocycles. The van der Waals surface area contributed by atoms with E-state index in [9.17, 15) is 4.79 Å². The first-order valence-electron chi connectivity index (χ1n) is 5.96. The lowest BCUT2D eigenvalue weighted by molar-refractivity contribution is -0.138. The standard InChI is InChI=1S/C11H20N2O3/c1-12-11(14)10-8-13(5-7-16-10)4-6-15-9-2-3-9/h9-10H,2-8H2,1H3,(H,12,14). The van der Waals surface area contributed by atoms with E-state index in [4.69, 9.17) is 9.47 Å². The van der Waals surface area contributed by atoms with Gasteiger partial charge in [-0.2, -0.15) is 0 Å². The first kappa shape index (κ1) is 11.8. The number of carbonyl (C=O) groups is 1. The number of nitrogens with one attached hydrogen (secondary N) is 1. The van der Waals surface area contributed by atoms with Crippen molar-refractivity contribution in [2.24, 2.45) is 0 Å². The number of carbonyl (C=O) groups excluding carboxylic acids is 1. The monoisotopic (exact) mass is 228 g/mol. The molecule has 0 aromatic rings. The molecule has 1 atom stereocenters. The van der Waals surface area contributed by atoms with Crippen molar-refractivity contribution in [2.45, 2.75) is 25.0 Å². The predicted octanol–water partition coefficient (Wildman–Crippen LogP) is -0.388. The highest BCUT2D eigenvalue weighted by Crippen LogP contribution is 2.23. The molecule has 2 rings (SSSR count). The Bertz CT molecular complexity index is 243. The Morgan fingerprint density at radius 2 is 2.38 bits per heavy atom. The molecule has 2 aliphatic rings. The summed E-state index contributed by atoms with van der Waals surface area (Å²) in [5.41, 5.74) is 0. The molecule has 5 nitrogen and oxygen atoms in total. The van der Waals surface area contributed by atoms with Crippen LogP contribution in [0.3, 0.4) is 0 Å². The lowest BCUT2D eigenvalue weighted by Crippen LogP contribution is -2.49. The van der Waals surface area contributed by atoms with Crippen LogP contribution in [0.5, 0.6) is 0 Å². The van der Waals surface area contributed by atoms with Gasteiger partial charge in [-0.05, 0) is 12.8 Å². The molecular weight excluding hydrogens is 208 g/mol. The topological polar surface area (TPSA) is 50.8 Å². The second-order valence-electron chi connectivity index (χ2n) is 4.34. The summed E-state index contributed by atoms with van der Waals surface area (Å²) in [4.78, 5) is 13.6. The summed E-state index contributed by atoms with van der Waals surface area (Å²) in [5.74, 6) is -0.0344. The van der Waals surface area contributed by atoms with Gasteiger partial charge in [0.25, 0.3) is 0 Å². The zero-order chi connectivity index (χ0) is 11.4. The van der Waals surface area contributed by atoms with Crippen molar-refractivity contribution in [3.8, 4) is 0 Å². The van der Waals surface area contributed by atoms with E-state index in [2.05, 4.69) is 10.2 Å². The lowest BCUT2D eigenvalue weighted by Gasteiger charge is -2.31. The average Bonchev–Trinajstić information content (AvgIpc) is 3.12. The summed E-state index contributed by atoms with van der Waals surface area (Å²) in [6.45, 7) is 3.86. The highest BCUT2D eigenvalue weighted by atomic mass is 16.5. The molecule has 16 heavy (non-hydrogen) atoms. The molecule has 1 saturated heterocycles. The Kier molecular flexibility index (Phi) is 4.15. The number of rotatable bonds is 5. The van der Waals surface area contributed by atoms with Crippen molar-refractivity contribution in [3.05, 3.63) is 0 Å². The first-order valence-corrected chi connectivity index (χ1v) is 5.96. The Morgan fingerprint density at radius 1 is 1.56 bits per heavy atom. The van der Waals surface area contributed by atoms with Gasteiger partial charge < -0.3 is 14.8 Å². The Hall–Kier alpha value is -0.650. The van der Waals surface area contributed by atoms with Gasteiger partial charge in [0, 0.05) is 26.7 Å². The highest BCUT2D eigenvalue weighted by Gasteiger charge is 2.26. The number of morpholine rings is 1. The molecule has 0 aromatic carbocycles. The molecule has 1 saturated carbocycles. The normalized spacial score (nSPS) is 26.7. The van der Waals surface area contributed by atoms with E-state index in [-0.39, 0.29) is 12.0 Å². The zero-order valence-corrected chi connectivity index (χ0v) is 9.78. The quantitative estimate of drug-likeness (QED) is 0.696. The van der Waals surface area contributed by atoms with Crippen molar-refractivity contribution >= 4 is 5.91 Å². The summed E-state index contributed by atoms with van der Waals surface area (Å²) >= 11 is 0. The van der Waals surface area contributed by atoms with Crippen LogP contribution in [0, 0.1) is 0 Å². The van der Waals surface area contributed by atoms with E-state index in [0.717, 1.165) is 19.7 Å². The summed E-state index contributed by atoms with van der Waals surface area (Å²) in [7, 11) is 1.64. The second-order valence-corrected chi connectivity index (χ2v) is 4.34. The van der Waals surface area contributed by atoms with Crippen LogP contribution in [-0.2, 0) is 14.3 Å². The van der Waals surface area contributed by atoms with E-state index in [1.807, 2.05) is 0 Å². The fourth-order valence-electron chi connectivity index (χ4n) is 1.81. The van der Waals surface area contributed by atoms with Gasteiger partial charge in [0.2, 0.25) is 5.91 Å². The maximum atomic E-state index is 11.4. The number of amides is 1. The molecular formula is C11H20N2O3. The molecule has 5 heteroatoms. The van der Waals surface area contributed by atoms with Crippen LogP contribution in [-0.4, -0.2) is 62.9 Å². The Labute approximate surface area is 96.1 Å².